The molecule has 4 N–H and O–H groups in total. The van der Waals surface area contributed by atoms with Gasteiger partial charge in [-0.2, -0.15) is 0 Å². The van der Waals surface area contributed by atoms with Gasteiger partial charge in [-0.05, 0) is 42.0 Å². The molecule has 142 valence electrons. The Bertz CT molecular complexity index is 668. The third-order valence-corrected chi connectivity index (χ3v) is 4.04. The minimum atomic E-state index is -0.698. The van der Waals surface area contributed by atoms with E-state index < -0.39 is 18.4 Å². The zero-order valence-electron chi connectivity index (χ0n) is 16.1. The highest BCUT2D eigenvalue weighted by atomic mass is 16.5. The Hall–Kier alpha value is -1.95. The maximum atomic E-state index is 9.88. The highest BCUT2D eigenvalue weighted by molar-refractivity contribution is 5.24. The Balaban J connectivity index is 2.05. The number of nitrogens with two attached hydrogens (primary N) is 1. The molecule has 0 aliphatic carbocycles. The zero-order chi connectivity index (χ0) is 19.2. The lowest BCUT2D eigenvalue weighted by Gasteiger charge is -2.28. The highest BCUT2D eigenvalue weighted by Crippen LogP contribution is 2.21. The maximum Gasteiger partial charge on any atom is 0.168 e. The van der Waals surface area contributed by atoms with Crippen LogP contribution >= 0.6 is 0 Å². The molecule has 0 spiro atoms. The molecule has 3 atom stereocenters. The van der Waals surface area contributed by atoms with Crippen molar-refractivity contribution in [1.29, 1.82) is 0 Å². The molecule has 2 aromatic rings. The van der Waals surface area contributed by atoms with E-state index in [0.717, 1.165) is 12.0 Å². The van der Waals surface area contributed by atoms with E-state index >= 15 is 0 Å². The molecule has 0 radical (unpaired) electrons. The zero-order valence-corrected chi connectivity index (χ0v) is 16.1. The van der Waals surface area contributed by atoms with E-state index in [1.54, 1.807) is 25.4 Å². The molecule has 0 fully saturated rings. The minimum Gasteiger partial charge on any atom is -0.472 e. The van der Waals surface area contributed by atoms with Gasteiger partial charge in [0.15, 0.2) is 6.23 Å². The Labute approximate surface area is 156 Å². The Morgan fingerprint density at radius 2 is 1.92 bits per heavy atom. The molecule has 1 unspecified atom stereocenters. The van der Waals surface area contributed by atoms with Crippen molar-refractivity contribution in [3.05, 3.63) is 59.9 Å². The molecule has 0 saturated heterocycles. The van der Waals surface area contributed by atoms with E-state index in [9.17, 15) is 5.11 Å². The summed E-state index contributed by atoms with van der Waals surface area (Å²) in [6, 6.07) is 11.6. The lowest BCUT2D eigenvalue weighted by molar-refractivity contribution is 0.0593. The van der Waals surface area contributed by atoms with Gasteiger partial charge in [-0.1, -0.05) is 45.0 Å². The van der Waals surface area contributed by atoms with Gasteiger partial charge in [-0.15, -0.1) is 0 Å². The lowest BCUT2D eigenvalue weighted by atomic mass is 9.88. The van der Waals surface area contributed by atoms with Crippen molar-refractivity contribution >= 4 is 0 Å². The largest absolute Gasteiger partial charge is 0.472 e. The number of nitrogens with zero attached hydrogens (tertiary/aromatic N) is 1. The first-order valence-corrected chi connectivity index (χ1v) is 9.06. The average Bonchev–Trinajstić information content (AvgIpc) is 2.57. The smallest absolute Gasteiger partial charge is 0.168 e. The van der Waals surface area contributed by atoms with E-state index in [1.165, 1.54) is 5.56 Å². The van der Waals surface area contributed by atoms with E-state index in [1.807, 2.05) is 6.07 Å². The second-order valence-electron chi connectivity index (χ2n) is 7.98. The van der Waals surface area contributed by atoms with Gasteiger partial charge in [0.2, 0.25) is 0 Å². The number of aromatic nitrogens is 1. The van der Waals surface area contributed by atoms with Gasteiger partial charge in [0.25, 0.3) is 0 Å². The molecule has 26 heavy (non-hydrogen) atoms. The molecule has 1 heterocycles. The van der Waals surface area contributed by atoms with Crippen molar-refractivity contribution in [3.8, 4) is 5.75 Å². The standard InChI is InChI=1S/C21H31N3O2/c1-15(25)19(22)20(26-18-9-6-10-23-14-18)24-13-17-8-5-7-16(11-17)12-21(2,3)4/h5-11,14-15,19-20,24-25H,12-13,22H2,1-4H3/t15-,19+,20?/m1/s1. The molecule has 0 saturated carbocycles. The number of pyridine rings is 1. The van der Waals surface area contributed by atoms with Gasteiger partial charge in [0.1, 0.15) is 5.75 Å². The van der Waals surface area contributed by atoms with Crippen LogP contribution in [0.1, 0.15) is 38.8 Å². The fourth-order valence-electron chi connectivity index (χ4n) is 2.75. The summed E-state index contributed by atoms with van der Waals surface area (Å²) in [5, 5.41) is 13.2. The van der Waals surface area contributed by atoms with E-state index in [4.69, 9.17) is 10.5 Å². The van der Waals surface area contributed by atoms with Crippen LogP contribution in [0.15, 0.2) is 48.8 Å². The van der Waals surface area contributed by atoms with Crippen molar-refractivity contribution in [2.24, 2.45) is 11.1 Å². The number of benzene rings is 1. The summed E-state index contributed by atoms with van der Waals surface area (Å²) in [5.41, 5.74) is 8.83. The predicted octanol–water partition coefficient (Wildman–Crippen LogP) is 2.87. The first-order valence-electron chi connectivity index (χ1n) is 9.06. The summed E-state index contributed by atoms with van der Waals surface area (Å²) in [6.45, 7) is 8.96. The molecule has 0 amide bonds. The van der Waals surface area contributed by atoms with Crippen molar-refractivity contribution in [3.63, 3.8) is 0 Å². The first-order chi connectivity index (χ1) is 12.2. The molecule has 0 bridgehead atoms. The molecule has 2 rings (SSSR count). The summed E-state index contributed by atoms with van der Waals surface area (Å²) in [4.78, 5) is 4.05. The van der Waals surface area contributed by atoms with Crippen molar-refractivity contribution in [2.75, 3.05) is 0 Å². The Morgan fingerprint density at radius 3 is 2.54 bits per heavy atom. The summed E-state index contributed by atoms with van der Waals surface area (Å²) >= 11 is 0. The Kier molecular flexibility index (Phi) is 7.14. The van der Waals surface area contributed by atoms with Gasteiger partial charge in [0.05, 0.1) is 18.3 Å². The van der Waals surface area contributed by atoms with Crippen LogP contribution in [0.5, 0.6) is 5.75 Å². The predicted molar refractivity (Wildman–Crippen MR) is 105 cm³/mol. The number of ether oxygens (including phenoxy) is 1. The van der Waals surface area contributed by atoms with Crippen LogP contribution in [0.3, 0.4) is 0 Å². The summed E-state index contributed by atoms with van der Waals surface area (Å²) < 4.78 is 5.91. The third-order valence-electron chi connectivity index (χ3n) is 4.04. The average molecular weight is 357 g/mol. The highest BCUT2D eigenvalue weighted by Gasteiger charge is 2.23. The van der Waals surface area contributed by atoms with Crippen LogP contribution in [-0.2, 0) is 13.0 Å². The molecular formula is C21H31N3O2. The van der Waals surface area contributed by atoms with Crippen molar-refractivity contribution in [1.82, 2.24) is 10.3 Å². The molecule has 1 aromatic heterocycles. The molecule has 5 heteroatoms. The fraction of sp³-hybridized carbons (Fsp3) is 0.476. The number of aliphatic hydroxyl groups excluding tert-OH is 1. The second kappa shape index (κ2) is 9.12. The lowest BCUT2D eigenvalue weighted by Crippen LogP contribution is -2.53. The number of hydrogen-bond acceptors (Lipinski definition) is 5. The molecule has 5 nitrogen and oxygen atoms in total. The van der Waals surface area contributed by atoms with Gasteiger partial charge < -0.3 is 15.6 Å². The molecule has 0 aliphatic heterocycles. The topological polar surface area (TPSA) is 80.4 Å². The van der Waals surface area contributed by atoms with Gasteiger partial charge in [0, 0.05) is 12.7 Å². The van der Waals surface area contributed by atoms with Crippen LogP contribution in [0.2, 0.25) is 0 Å². The van der Waals surface area contributed by atoms with Gasteiger partial charge in [-0.25, -0.2) is 0 Å². The van der Waals surface area contributed by atoms with Gasteiger partial charge in [-0.3, -0.25) is 10.3 Å². The monoisotopic (exact) mass is 357 g/mol. The number of rotatable bonds is 8. The van der Waals surface area contributed by atoms with Gasteiger partial charge >= 0.3 is 0 Å². The van der Waals surface area contributed by atoms with Crippen LogP contribution in [-0.4, -0.2) is 28.5 Å². The maximum absolute atomic E-state index is 9.88. The summed E-state index contributed by atoms with van der Waals surface area (Å²) in [7, 11) is 0. The number of nitrogens with one attached hydrogen (secondary N) is 1. The Morgan fingerprint density at radius 1 is 1.19 bits per heavy atom. The quantitative estimate of drug-likeness (QED) is 0.633. The normalized spacial score (nSPS) is 15.3. The summed E-state index contributed by atoms with van der Waals surface area (Å²) in [6.07, 6.45) is 3.11. The second-order valence-corrected chi connectivity index (χ2v) is 7.98. The van der Waals surface area contributed by atoms with Crippen molar-refractivity contribution < 1.29 is 9.84 Å². The molecule has 1 aromatic carbocycles. The van der Waals surface area contributed by atoms with Crippen LogP contribution in [0.4, 0.5) is 0 Å². The fourth-order valence-corrected chi connectivity index (χ4v) is 2.75. The van der Waals surface area contributed by atoms with E-state index in [2.05, 4.69) is 55.3 Å². The van der Waals surface area contributed by atoms with E-state index in [-0.39, 0.29) is 5.41 Å². The van der Waals surface area contributed by atoms with Crippen LogP contribution < -0.4 is 15.8 Å². The molecule has 0 aliphatic rings. The molecular weight excluding hydrogens is 326 g/mol. The minimum absolute atomic E-state index is 0.243. The third kappa shape index (κ3) is 6.75. The van der Waals surface area contributed by atoms with Crippen LogP contribution in [0, 0.1) is 5.41 Å². The van der Waals surface area contributed by atoms with E-state index in [0.29, 0.717) is 12.3 Å². The SMILES string of the molecule is C[C@@H](O)[C@H](N)C(NCc1cccc(CC(C)(C)C)c1)Oc1cccnc1. The number of hydrogen-bond donors (Lipinski definition) is 3. The van der Waals surface area contributed by atoms with Crippen LogP contribution in [0.25, 0.3) is 0 Å². The number of aliphatic hydroxyl groups is 1. The first kappa shape index (κ1) is 20.4. The summed E-state index contributed by atoms with van der Waals surface area (Å²) in [5.74, 6) is 0.614. The van der Waals surface area contributed by atoms with Crippen molar-refractivity contribution in [2.45, 2.75) is 59.0 Å².